The molecule has 1 fully saturated rings. The second-order valence-corrected chi connectivity index (χ2v) is 10.7. The third-order valence-electron chi connectivity index (χ3n) is 6.73. The lowest BCUT2D eigenvalue weighted by molar-refractivity contribution is -0.132. The third-order valence-corrected chi connectivity index (χ3v) is 6.73. The fourth-order valence-corrected chi connectivity index (χ4v) is 4.74. The molecule has 0 aromatic heterocycles. The minimum atomic E-state index is -0.779. The summed E-state index contributed by atoms with van der Waals surface area (Å²) >= 11 is 0. The van der Waals surface area contributed by atoms with E-state index in [0.717, 1.165) is 22.4 Å². The first-order valence-electron chi connectivity index (χ1n) is 12.3. The zero-order valence-corrected chi connectivity index (χ0v) is 22.5. The van der Waals surface area contributed by atoms with E-state index in [1.807, 2.05) is 80.5 Å². The van der Waals surface area contributed by atoms with Crippen LogP contribution < -0.4 is 14.5 Å². The molecule has 1 saturated heterocycles. The molecule has 1 N–H and O–H groups in total. The van der Waals surface area contributed by atoms with Gasteiger partial charge in [-0.15, -0.1) is 0 Å². The highest BCUT2D eigenvalue weighted by molar-refractivity contribution is 6.51. The lowest BCUT2D eigenvalue weighted by atomic mass is 9.84. The number of hydrogen-bond donors (Lipinski definition) is 1. The lowest BCUT2D eigenvalue weighted by Gasteiger charge is -2.26. The summed E-state index contributed by atoms with van der Waals surface area (Å²) in [5, 5.41) is 11.6. The number of nitrogens with zero attached hydrogens (tertiary/aromatic N) is 2. The number of carbonyl (C=O) groups excluding carboxylic acids is 2. The molecule has 192 valence electrons. The second-order valence-electron chi connectivity index (χ2n) is 10.7. The Balaban J connectivity index is 1.95. The van der Waals surface area contributed by atoms with E-state index in [2.05, 4.69) is 20.8 Å². The number of methoxy groups -OCH3 is 1. The smallest absolute Gasteiger partial charge is 0.300 e. The Hall–Kier alpha value is -4.06. The summed E-state index contributed by atoms with van der Waals surface area (Å²) in [6, 6.07) is 19.7. The molecule has 6 heteroatoms. The molecule has 0 aliphatic carbocycles. The van der Waals surface area contributed by atoms with Gasteiger partial charge in [0, 0.05) is 36.6 Å². The van der Waals surface area contributed by atoms with Gasteiger partial charge >= 0.3 is 0 Å². The summed E-state index contributed by atoms with van der Waals surface area (Å²) in [5.41, 5.74) is 4.44. The van der Waals surface area contributed by atoms with Gasteiger partial charge in [-0.05, 0) is 65.9 Å². The van der Waals surface area contributed by atoms with Crippen LogP contribution >= 0.6 is 0 Å². The van der Waals surface area contributed by atoms with Crippen LogP contribution in [-0.2, 0) is 15.0 Å². The zero-order chi connectivity index (χ0) is 27.1. The van der Waals surface area contributed by atoms with E-state index in [-0.39, 0.29) is 16.7 Å². The Kier molecular flexibility index (Phi) is 6.87. The zero-order valence-electron chi connectivity index (χ0n) is 22.5. The quantitative estimate of drug-likeness (QED) is 0.266. The number of aliphatic hydroxyl groups is 1. The molecule has 3 aromatic carbocycles. The summed E-state index contributed by atoms with van der Waals surface area (Å²) in [6.45, 7) is 8.10. The van der Waals surface area contributed by atoms with Gasteiger partial charge in [-0.3, -0.25) is 14.5 Å². The Morgan fingerprint density at radius 2 is 1.65 bits per heavy atom. The molecular formula is C31H34N2O4. The monoisotopic (exact) mass is 498 g/mol. The predicted molar refractivity (Wildman–Crippen MR) is 148 cm³/mol. The number of ether oxygens (including phenoxy) is 1. The molecule has 1 aliphatic heterocycles. The van der Waals surface area contributed by atoms with E-state index in [1.54, 1.807) is 19.2 Å². The van der Waals surface area contributed by atoms with Crippen LogP contribution in [0.3, 0.4) is 0 Å². The Bertz CT molecular complexity index is 1380. The maximum absolute atomic E-state index is 13.5. The summed E-state index contributed by atoms with van der Waals surface area (Å²) in [7, 11) is 5.50. The molecule has 1 heterocycles. The topological polar surface area (TPSA) is 70.1 Å². The number of aryl methyl sites for hydroxylation is 1. The van der Waals surface area contributed by atoms with E-state index in [4.69, 9.17) is 4.74 Å². The van der Waals surface area contributed by atoms with E-state index in [0.29, 0.717) is 17.0 Å². The van der Waals surface area contributed by atoms with Gasteiger partial charge in [-0.25, -0.2) is 0 Å². The Morgan fingerprint density at radius 3 is 2.22 bits per heavy atom. The van der Waals surface area contributed by atoms with E-state index in [1.165, 1.54) is 4.90 Å². The van der Waals surface area contributed by atoms with Gasteiger partial charge in [0.15, 0.2) is 0 Å². The molecule has 37 heavy (non-hydrogen) atoms. The fraction of sp³-hybridized carbons (Fsp3) is 0.290. The number of hydrogen-bond acceptors (Lipinski definition) is 5. The molecule has 6 nitrogen and oxygen atoms in total. The summed E-state index contributed by atoms with van der Waals surface area (Å²) in [4.78, 5) is 30.4. The van der Waals surface area contributed by atoms with Crippen LogP contribution in [0.15, 0.2) is 72.3 Å². The highest BCUT2D eigenvalue weighted by Gasteiger charge is 2.47. The molecule has 0 bridgehead atoms. The van der Waals surface area contributed by atoms with Crippen molar-refractivity contribution in [3.05, 3.63) is 94.6 Å². The number of benzene rings is 3. The number of carbonyl (C=O) groups is 2. The van der Waals surface area contributed by atoms with Crippen LogP contribution in [0.5, 0.6) is 5.75 Å². The number of anilines is 2. The molecule has 0 radical (unpaired) electrons. The van der Waals surface area contributed by atoms with E-state index in [9.17, 15) is 14.7 Å². The maximum Gasteiger partial charge on any atom is 0.300 e. The van der Waals surface area contributed by atoms with Gasteiger partial charge in [-0.1, -0.05) is 45.0 Å². The van der Waals surface area contributed by atoms with Crippen molar-refractivity contribution in [2.45, 2.75) is 39.2 Å². The summed E-state index contributed by atoms with van der Waals surface area (Å²) in [6.07, 6.45) is 0. The van der Waals surface area contributed by atoms with Crippen molar-refractivity contribution in [1.82, 2.24) is 0 Å². The number of ketones is 1. The van der Waals surface area contributed by atoms with Crippen LogP contribution in [0.4, 0.5) is 11.4 Å². The number of aliphatic hydroxyl groups excluding tert-OH is 1. The number of rotatable bonds is 5. The third kappa shape index (κ3) is 4.84. The SMILES string of the molecule is COc1ccc(/C(O)=C2/C(=O)C(=O)N(c3cccc(C)c3)C2c2ccc(N(C)C)cc2)cc1C(C)(C)C. The minimum absolute atomic E-state index is 0.0640. The molecule has 0 spiro atoms. The van der Waals surface area contributed by atoms with Gasteiger partial charge in [0.05, 0.1) is 18.7 Å². The van der Waals surface area contributed by atoms with E-state index < -0.39 is 17.7 Å². The average molecular weight is 499 g/mol. The standard InChI is InChI=1S/C31H34N2O4/c1-19-9-8-10-23(17-19)33-27(20-11-14-22(15-12-20)32(5)6)26(29(35)30(33)36)28(34)21-13-16-25(37-7)24(18-21)31(2,3)4/h8-18,27,34H,1-7H3/b28-26-. The highest BCUT2D eigenvalue weighted by Crippen LogP contribution is 2.43. The fourth-order valence-electron chi connectivity index (χ4n) is 4.74. The molecule has 1 aliphatic rings. The van der Waals surface area contributed by atoms with Gasteiger partial charge in [0.1, 0.15) is 11.5 Å². The lowest BCUT2D eigenvalue weighted by Crippen LogP contribution is -2.29. The van der Waals surface area contributed by atoms with Crippen molar-refractivity contribution in [2.75, 3.05) is 31.0 Å². The molecular weight excluding hydrogens is 464 g/mol. The maximum atomic E-state index is 13.5. The van der Waals surface area contributed by atoms with E-state index >= 15 is 0 Å². The number of amides is 1. The van der Waals surface area contributed by atoms with Gasteiger partial charge in [-0.2, -0.15) is 0 Å². The van der Waals surface area contributed by atoms with Crippen LogP contribution in [0.2, 0.25) is 0 Å². The number of Topliss-reactive ketones (excluding diaryl/α,β-unsaturated/α-hetero) is 1. The largest absolute Gasteiger partial charge is 0.507 e. The van der Waals surface area contributed by atoms with Crippen molar-refractivity contribution in [2.24, 2.45) is 0 Å². The minimum Gasteiger partial charge on any atom is -0.507 e. The molecule has 1 amide bonds. The van der Waals surface area contributed by atoms with Crippen LogP contribution in [0.25, 0.3) is 5.76 Å². The second kappa shape index (κ2) is 9.77. The first-order chi connectivity index (χ1) is 17.4. The van der Waals surface area contributed by atoms with Gasteiger partial charge in [0.25, 0.3) is 11.7 Å². The highest BCUT2D eigenvalue weighted by atomic mass is 16.5. The van der Waals surface area contributed by atoms with Crippen LogP contribution in [0, 0.1) is 6.92 Å². The predicted octanol–water partition coefficient (Wildman–Crippen LogP) is 5.99. The average Bonchev–Trinajstić information content (AvgIpc) is 3.13. The van der Waals surface area contributed by atoms with Crippen LogP contribution in [0.1, 0.15) is 49.1 Å². The van der Waals surface area contributed by atoms with Crippen molar-refractivity contribution in [1.29, 1.82) is 0 Å². The van der Waals surface area contributed by atoms with Crippen LogP contribution in [-0.4, -0.2) is 38.0 Å². The van der Waals surface area contributed by atoms with Crippen molar-refractivity contribution < 1.29 is 19.4 Å². The molecule has 4 rings (SSSR count). The molecule has 0 saturated carbocycles. The first-order valence-corrected chi connectivity index (χ1v) is 12.3. The summed E-state index contributed by atoms with van der Waals surface area (Å²) in [5.74, 6) is -0.893. The summed E-state index contributed by atoms with van der Waals surface area (Å²) < 4.78 is 5.55. The van der Waals surface area contributed by atoms with Gasteiger partial charge < -0.3 is 14.7 Å². The molecule has 3 aromatic rings. The Morgan fingerprint density at radius 1 is 0.973 bits per heavy atom. The Labute approximate surface area is 218 Å². The van der Waals surface area contributed by atoms with Gasteiger partial charge in [0.2, 0.25) is 0 Å². The normalized spacial score (nSPS) is 17.3. The van der Waals surface area contributed by atoms with Crippen molar-refractivity contribution in [3.63, 3.8) is 0 Å². The molecule has 1 unspecified atom stereocenters. The van der Waals surface area contributed by atoms with Crippen molar-refractivity contribution in [3.8, 4) is 5.75 Å². The van der Waals surface area contributed by atoms with Crippen molar-refractivity contribution >= 4 is 28.8 Å². The molecule has 1 atom stereocenters. The first kappa shape index (κ1) is 26.0.